The van der Waals surface area contributed by atoms with E-state index in [4.69, 9.17) is 4.74 Å². The van der Waals surface area contributed by atoms with E-state index in [0.29, 0.717) is 24.8 Å². The number of carbonyl (C=O) groups is 1. The van der Waals surface area contributed by atoms with Crippen LogP contribution in [0, 0.1) is 12.8 Å². The monoisotopic (exact) mass is 357 g/mol. The fourth-order valence-electron chi connectivity index (χ4n) is 3.84. The Kier molecular flexibility index (Phi) is 4.83. The molecule has 4 rings (SSSR count). The molecule has 0 unspecified atom stereocenters. The number of thiazole rings is 1. The van der Waals surface area contributed by atoms with Crippen LogP contribution in [0.25, 0.3) is 0 Å². The number of hydrogen-bond donors (Lipinski definition) is 0. The first-order chi connectivity index (χ1) is 12.2. The molecule has 0 N–H and O–H groups in total. The molecule has 0 radical (unpaired) electrons. The number of aryl methyl sites for hydroxylation is 1. The van der Waals surface area contributed by atoms with Gasteiger partial charge in [0.25, 0.3) is 5.91 Å². The molecule has 3 heterocycles. The zero-order chi connectivity index (χ0) is 17.2. The maximum Gasteiger partial charge on any atom is 0.273 e. The van der Waals surface area contributed by atoms with Crippen LogP contribution in [0.15, 0.2) is 35.2 Å². The fraction of sp³-hybridized carbons (Fsp3) is 0.474. The van der Waals surface area contributed by atoms with Gasteiger partial charge in [0.05, 0.1) is 18.2 Å². The summed E-state index contributed by atoms with van der Waals surface area (Å²) >= 11 is 1.46. The quantitative estimate of drug-likeness (QED) is 0.846. The molecule has 1 aromatic heterocycles. The molecule has 2 aliphatic rings. The summed E-state index contributed by atoms with van der Waals surface area (Å²) in [6, 6.07) is 8.67. The van der Waals surface area contributed by atoms with Crippen molar-refractivity contribution in [3.05, 3.63) is 52.0 Å². The molecule has 2 saturated heterocycles. The van der Waals surface area contributed by atoms with E-state index in [0.717, 1.165) is 26.2 Å². The molecular weight excluding hydrogens is 334 g/mol. The van der Waals surface area contributed by atoms with Gasteiger partial charge in [0.15, 0.2) is 0 Å². The minimum atomic E-state index is 0.0302. The normalized spacial score (nSPS) is 24.1. The van der Waals surface area contributed by atoms with Gasteiger partial charge >= 0.3 is 0 Å². The molecule has 2 aliphatic heterocycles. The number of hydrogen-bond acceptors (Lipinski definition) is 5. The maximum absolute atomic E-state index is 12.6. The molecule has 2 aromatic rings. The Hall–Kier alpha value is -1.76. The van der Waals surface area contributed by atoms with E-state index in [1.165, 1.54) is 22.5 Å². The van der Waals surface area contributed by atoms with Crippen molar-refractivity contribution >= 4 is 17.2 Å². The van der Waals surface area contributed by atoms with E-state index >= 15 is 0 Å². The van der Waals surface area contributed by atoms with E-state index in [-0.39, 0.29) is 12.0 Å². The molecule has 0 aliphatic carbocycles. The standard InChI is InChI=1S/C19H23N3O2S/c1-14-3-2-4-15(7-14)8-21-9-16-10-22(5-6-24-18(16)11-21)19(23)17-12-25-13-20-17/h2-4,7,12-13,16,18H,5-6,8-11H2,1H3/t16-,18-/m0/s1. The Morgan fingerprint density at radius 3 is 3.08 bits per heavy atom. The third-order valence-corrected chi connectivity index (χ3v) is 5.62. The summed E-state index contributed by atoms with van der Waals surface area (Å²) in [5, 5.41) is 1.82. The first kappa shape index (κ1) is 16.7. The molecule has 132 valence electrons. The van der Waals surface area contributed by atoms with E-state index in [1.54, 1.807) is 5.51 Å². The number of nitrogens with zero attached hydrogens (tertiary/aromatic N) is 3. The smallest absolute Gasteiger partial charge is 0.273 e. The lowest BCUT2D eigenvalue weighted by molar-refractivity contribution is 0.0501. The van der Waals surface area contributed by atoms with E-state index < -0.39 is 0 Å². The fourth-order valence-corrected chi connectivity index (χ4v) is 4.37. The summed E-state index contributed by atoms with van der Waals surface area (Å²) in [6.45, 7) is 7.00. The number of benzene rings is 1. The lowest BCUT2D eigenvalue weighted by Crippen LogP contribution is -2.37. The van der Waals surface area contributed by atoms with Crippen LogP contribution < -0.4 is 0 Å². The van der Waals surface area contributed by atoms with Gasteiger partial charge < -0.3 is 9.64 Å². The van der Waals surface area contributed by atoms with Crippen LogP contribution in [0.2, 0.25) is 0 Å². The molecule has 5 nitrogen and oxygen atoms in total. The van der Waals surface area contributed by atoms with Gasteiger partial charge in [-0.05, 0) is 12.5 Å². The Bertz CT molecular complexity index is 734. The molecule has 2 atom stereocenters. The molecular formula is C19H23N3O2S. The highest BCUT2D eigenvalue weighted by Crippen LogP contribution is 2.26. The molecule has 0 spiro atoms. The first-order valence-electron chi connectivity index (χ1n) is 8.76. The van der Waals surface area contributed by atoms with Gasteiger partial charge in [0.1, 0.15) is 5.69 Å². The predicted octanol–water partition coefficient (Wildman–Crippen LogP) is 2.42. The van der Waals surface area contributed by atoms with Crippen molar-refractivity contribution in [3.63, 3.8) is 0 Å². The number of aromatic nitrogens is 1. The van der Waals surface area contributed by atoms with Crippen LogP contribution in [0.4, 0.5) is 0 Å². The van der Waals surface area contributed by atoms with Gasteiger partial charge in [0.2, 0.25) is 0 Å². The zero-order valence-corrected chi connectivity index (χ0v) is 15.2. The molecule has 6 heteroatoms. The van der Waals surface area contributed by atoms with Gasteiger partial charge in [-0.15, -0.1) is 11.3 Å². The lowest BCUT2D eigenvalue weighted by atomic mass is 10.1. The SMILES string of the molecule is Cc1cccc(CN2C[C@H]3CN(C(=O)c4cscn4)CCO[C@H]3C2)c1. The van der Waals surface area contributed by atoms with E-state index in [1.807, 2.05) is 10.3 Å². The van der Waals surface area contributed by atoms with Crippen LogP contribution >= 0.6 is 11.3 Å². The molecule has 0 saturated carbocycles. The Morgan fingerprint density at radius 2 is 2.28 bits per heavy atom. The largest absolute Gasteiger partial charge is 0.375 e. The minimum absolute atomic E-state index is 0.0302. The molecule has 0 bridgehead atoms. The average molecular weight is 357 g/mol. The second-order valence-corrected chi connectivity index (χ2v) is 7.70. The summed E-state index contributed by atoms with van der Waals surface area (Å²) < 4.78 is 6.06. The summed E-state index contributed by atoms with van der Waals surface area (Å²) in [4.78, 5) is 21.1. The van der Waals surface area contributed by atoms with Crippen LogP contribution in [0.1, 0.15) is 21.6 Å². The van der Waals surface area contributed by atoms with Crippen LogP contribution in [0.5, 0.6) is 0 Å². The molecule has 1 amide bonds. The van der Waals surface area contributed by atoms with Crippen molar-refractivity contribution < 1.29 is 9.53 Å². The van der Waals surface area contributed by atoms with Crippen molar-refractivity contribution in [1.29, 1.82) is 0 Å². The highest BCUT2D eigenvalue weighted by molar-refractivity contribution is 7.07. The van der Waals surface area contributed by atoms with Gasteiger partial charge in [-0.1, -0.05) is 29.8 Å². The van der Waals surface area contributed by atoms with Crippen molar-refractivity contribution in [1.82, 2.24) is 14.8 Å². The topological polar surface area (TPSA) is 45.7 Å². The van der Waals surface area contributed by atoms with Crippen molar-refractivity contribution in [2.24, 2.45) is 5.92 Å². The predicted molar refractivity (Wildman–Crippen MR) is 97.7 cm³/mol. The molecule has 2 fully saturated rings. The van der Waals surface area contributed by atoms with Crippen LogP contribution in [-0.4, -0.2) is 59.6 Å². The summed E-state index contributed by atoms with van der Waals surface area (Å²) in [7, 11) is 0. The number of rotatable bonds is 3. The second-order valence-electron chi connectivity index (χ2n) is 6.98. The zero-order valence-electron chi connectivity index (χ0n) is 14.4. The van der Waals surface area contributed by atoms with E-state index in [9.17, 15) is 4.79 Å². The summed E-state index contributed by atoms with van der Waals surface area (Å²) in [5.41, 5.74) is 4.90. The Balaban J connectivity index is 1.41. The number of carbonyl (C=O) groups excluding carboxylic acids is 1. The maximum atomic E-state index is 12.6. The first-order valence-corrected chi connectivity index (χ1v) is 9.70. The number of likely N-dealkylation sites (tertiary alicyclic amines) is 1. The summed E-state index contributed by atoms with van der Waals surface area (Å²) in [5.74, 6) is 0.400. The van der Waals surface area contributed by atoms with Gasteiger partial charge in [-0.3, -0.25) is 9.69 Å². The molecule has 25 heavy (non-hydrogen) atoms. The second kappa shape index (κ2) is 7.23. The highest BCUT2D eigenvalue weighted by Gasteiger charge is 2.37. The number of ether oxygens (including phenoxy) is 1. The van der Waals surface area contributed by atoms with Crippen molar-refractivity contribution in [3.8, 4) is 0 Å². The summed E-state index contributed by atoms with van der Waals surface area (Å²) in [6.07, 6.45) is 0.220. The third kappa shape index (κ3) is 3.76. The average Bonchev–Trinajstić information content (AvgIpc) is 3.20. The Morgan fingerprint density at radius 1 is 1.36 bits per heavy atom. The van der Waals surface area contributed by atoms with Gasteiger partial charge in [-0.2, -0.15) is 0 Å². The van der Waals surface area contributed by atoms with Crippen LogP contribution in [0.3, 0.4) is 0 Å². The number of fused-ring (bicyclic) bond motifs is 1. The van der Waals surface area contributed by atoms with Gasteiger partial charge in [0, 0.05) is 44.0 Å². The lowest BCUT2D eigenvalue weighted by Gasteiger charge is -2.23. The van der Waals surface area contributed by atoms with Crippen LogP contribution in [-0.2, 0) is 11.3 Å². The third-order valence-electron chi connectivity index (χ3n) is 5.03. The Labute approximate surface area is 152 Å². The van der Waals surface area contributed by atoms with Crippen molar-refractivity contribution in [2.45, 2.75) is 19.6 Å². The highest BCUT2D eigenvalue weighted by atomic mass is 32.1. The van der Waals surface area contributed by atoms with Gasteiger partial charge in [-0.25, -0.2) is 4.98 Å². The van der Waals surface area contributed by atoms with E-state index in [2.05, 4.69) is 41.1 Å². The number of amides is 1. The van der Waals surface area contributed by atoms with Crippen molar-refractivity contribution in [2.75, 3.05) is 32.8 Å². The minimum Gasteiger partial charge on any atom is -0.375 e. The molecule has 1 aromatic carbocycles.